The van der Waals surface area contributed by atoms with Crippen molar-refractivity contribution in [1.82, 2.24) is 10.6 Å². The molecule has 2 atom stereocenters. The van der Waals surface area contributed by atoms with Crippen LogP contribution in [0.25, 0.3) is 65.3 Å². The van der Waals surface area contributed by atoms with Gasteiger partial charge in [0.05, 0.1) is 0 Å². The molecule has 0 spiro atoms. The van der Waals surface area contributed by atoms with E-state index in [4.69, 9.17) is 4.99 Å². The number of aliphatic imine (C=N–C) groups is 1. The number of benzene rings is 9. The van der Waals surface area contributed by atoms with Gasteiger partial charge in [-0.05, 0) is 82.5 Å². The lowest BCUT2D eigenvalue weighted by atomic mass is 9.87. The molecule has 3 nitrogen and oxygen atoms in total. The van der Waals surface area contributed by atoms with E-state index < -0.39 is 0 Å². The summed E-state index contributed by atoms with van der Waals surface area (Å²) in [6.45, 7) is 0. The predicted molar refractivity (Wildman–Crippen MR) is 219 cm³/mol. The van der Waals surface area contributed by atoms with Crippen LogP contribution in [0.15, 0.2) is 193 Å². The van der Waals surface area contributed by atoms with Gasteiger partial charge in [0.25, 0.3) is 0 Å². The van der Waals surface area contributed by atoms with Crippen molar-refractivity contribution >= 4 is 48.9 Å². The molecule has 9 aromatic carbocycles. The molecule has 1 heterocycles. The molecule has 0 aliphatic carbocycles. The highest BCUT2D eigenvalue weighted by Crippen LogP contribution is 2.42. The molecule has 246 valence electrons. The molecule has 1 aliphatic rings. The quantitative estimate of drug-likeness (QED) is 0.180. The summed E-state index contributed by atoms with van der Waals surface area (Å²) < 4.78 is 0. The van der Waals surface area contributed by atoms with E-state index in [2.05, 4.69) is 193 Å². The highest BCUT2D eigenvalue weighted by molar-refractivity contribution is 6.26. The lowest BCUT2D eigenvalue weighted by Gasteiger charge is -2.32. The van der Waals surface area contributed by atoms with Crippen molar-refractivity contribution in [3.05, 3.63) is 205 Å². The number of hydrogen-bond donors (Lipinski definition) is 2. The Bertz CT molecular complexity index is 2750. The lowest BCUT2D eigenvalue weighted by molar-refractivity contribution is 0.409. The SMILES string of the molecule is c1ccc(C2N=C(c3ccc(-c4c(-c5ccc6c7ccccc7c7ccccc7c6c5)ccc5ccccc45)cc3)NC(c3ccccc3)N2)cc1. The summed E-state index contributed by atoms with van der Waals surface area (Å²) in [5.74, 6) is 0.875. The summed E-state index contributed by atoms with van der Waals surface area (Å²) >= 11 is 0. The van der Waals surface area contributed by atoms with Gasteiger partial charge >= 0.3 is 0 Å². The molecule has 52 heavy (non-hydrogen) atoms. The van der Waals surface area contributed by atoms with E-state index in [1.807, 2.05) is 6.07 Å². The molecule has 0 saturated carbocycles. The van der Waals surface area contributed by atoms with Gasteiger partial charge in [0, 0.05) is 5.56 Å². The van der Waals surface area contributed by atoms with E-state index in [1.54, 1.807) is 0 Å². The maximum Gasteiger partial charge on any atom is 0.131 e. The Hall–Kier alpha value is -6.55. The molecular weight excluding hydrogens is 631 g/mol. The van der Waals surface area contributed by atoms with Gasteiger partial charge < -0.3 is 5.32 Å². The van der Waals surface area contributed by atoms with Crippen LogP contribution < -0.4 is 10.6 Å². The van der Waals surface area contributed by atoms with Crippen molar-refractivity contribution in [3.8, 4) is 22.3 Å². The summed E-state index contributed by atoms with van der Waals surface area (Å²) in [6, 6.07) is 67.8. The van der Waals surface area contributed by atoms with Crippen molar-refractivity contribution in [2.45, 2.75) is 12.3 Å². The second kappa shape index (κ2) is 12.6. The topological polar surface area (TPSA) is 36.4 Å². The molecule has 0 radical (unpaired) electrons. The van der Waals surface area contributed by atoms with Crippen molar-refractivity contribution in [1.29, 1.82) is 0 Å². The monoisotopic (exact) mass is 665 g/mol. The van der Waals surface area contributed by atoms with Gasteiger partial charge in [0.2, 0.25) is 0 Å². The summed E-state index contributed by atoms with van der Waals surface area (Å²) in [5.41, 5.74) is 8.19. The number of nitrogens with one attached hydrogen (secondary N) is 2. The van der Waals surface area contributed by atoms with Crippen LogP contribution in [0, 0.1) is 0 Å². The normalized spacial score (nSPS) is 15.9. The summed E-state index contributed by atoms with van der Waals surface area (Å²) in [6.07, 6.45) is -0.252. The van der Waals surface area contributed by atoms with Crippen molar-refractivity contribution in [2.24, 2.45) is 4.99 Å². The number of nitrogens with zero attached hydrogens (tertiary/aromatic N) is 1. The average molecular weight is 666 g/mol. The second-order valence-electron chi connectivity index (χ2n) is 13.6. The molecule has 0 amide bonds. The van der Waals surface area contributed by atoms with Crippen molar-refractivity contribution < 1.29 is 0 Å². The summed E-state index contributed by atoms with van der Waals surface area (Å²) in [5, 5.41) is 17.6. The Morgan fingerprint density at radius 1 is 0.385 bits per heavy atom. The average Bonchev–Trinajstić information content (AvgIpc) is 3.24. The van der Waals surface area contributed by atoms with Crippen molar-refractivity contribution in [3.63, 3.8) is 0 Å². The highest BCUT2D eigenvalue weighted by Gasteiger charge is 2.25. The van der Waals surface area contributed by atoms with E-state index in [0.717, 1.165) is 17.0 Å². The first-order chi connectivity index (χ1) is 25.8. The fourth-order valence-corrected chi connectivity index (χ4v) is 8.02. The second-order valence-corrected chi connectivity index (χ2v) is 13.6. The highest BCUT2D eigenvalue weighted by atomic mass is 15.3. The number of amidine groups is 1. The Kier molecular flexibility index (Phi) is 7.37. The predicted octanol–water partition coefficient (Wildman–Crippen LogP) is 12.0. The molecule has 0 fully saturated rings. The summed E-state index contributed by atoms with van der Waals surface area (Å²) in [7, 11) is 0. The smallest absolute Gasteiger partial charge is 0.131 e. The largest absolute Gasteiger partial charge is 0.350 e. The van der Waals surface area contributed by atoms with Crippen LogP contribution in [0.4, 0.5) is 0 Å². The van der Waals surface area contributed by atoms with Crippen LogP contribution in [0.3, 0.4) is 0 Å². The molecule has 9 aromatic rings. The van der Waals surface area contributed by atoms with Crippen LogP contribution in [-0.2, 0) is 0 Å². The minimum atomic E-state index is -0.173. The van der Waals surface area contributed by atoms with E-state index in [-0.39, 0.29) is 12.3 Å². The standard InChI is InChI=1S/C49H35N3/c1-3-14-34(15-4-1)47-50-48(35-16-5-2-6-17-35)52-49(51-47)36-25-23-33(24-26-36)46-38-18-8-7-13-32(38)27-29-39(46)37-28-30-44-42-21-10-9-19-40(42)41-20-11-12-22-43(41)45(44)31-37/h1-31,47-48,50H,(H,51,52). The van der Waals surface area contributed by atoms with E-state index in [0.29, 0.717) is 0 Å². The Balaban J connectivity index is 1.10. The van der Waals surface area contributed by atoms with Gasteiger partial charge in [-0.2, -0.15) is 0 Å². The number of rotatable bonds is 5. The molecule has 0 aromatic heterocycles. The Morgan fingerprint density at radius 2 is 0.904 bits per heavy atom. The van der Waals surface area contributed by atoms with E-state index >= 15 is 0 Å². The zero-order valence-corrected chi connectivity index (χ0v) is 28.5. The third-order valence-corrected chi connectivity index (χ3v) is 10.5. The van der Waals surface area contributed by atoms with Crippen molar-refractivity contribution in [2.75, 3.05) is 0 Å². The van der Waals surface area contributed by atoms with Gasteiger partial charge in [-0.15, -0.1) is 0 Å². The zero-order valence-electron chi connectivity index (χ0n) is 28.5. The maximum absolute atomic E-state index is 5.19. The zero-order chi connectivity index (χ0) is 34.4. The third kappa shape index (κ3) is 5.22. The summed E-state index contributed by atoms with van der Waals surface area (Å²) in [4.78, 5) is 5.19. The fourth-order valence-electron chi connectivity index (χ4n) is 8.02. The van der Waals surface area contributed by atoms with Gasteiger partial charge in [-0.1, -0.05) is 182 Å². The Labute approximate surface area is 302 Å². The number of fused-ring (bicyclic) bond motifs is 7. The molecule has 0 saturated heterocycles. The van der Waals surface area contributed by atoms with Gasteiger partial charge in [-0.25, -0.2) is 4.99 Å². The van der Waals surface area contributed by atoms with Crippen LogP contribution in [0.5, 0.6) is 0 Å². The number of hydrogen-bond acceptors (Lipinski definition) is 3. The van der Waals surface area contributed by atoms with E-state index in [1.165, 1.54) is 70.9 Å². The maximum atomic E-state index is 5.19. The van der Waals surface area contributed by atoms with Crippen LogP contribution in [-0.4, -0.2) is 5.84 Å². The minimum Gasteiger partial charge on any atom is -0.350 e. The van der Waals surface area contributed by atoms with Gasteiger partial charge in [0.1, 0.15) is 18.2 Å². The van der Waals surface area contributed by atoms with Gasteiger partial charge in [-0.3, -0.25) is 5.32 Å². The van der Waals surface area contributed by atoms with Crippen LogP contribution >= 0.6 is 0 Å². The molecule has 2 unspecified atom stereocenters. The van der Waals surface area contributed by atoms with E-state index in [9.17, 15) is 0 Å². The Morgan fingerprint density at radius 3 is 1.58 bits per heavy atom. The minimum absolute atomic E-state index is 0.0793. The molecule has 3 heteroatoms. The fraction of sp³-hybridized carbons (Fsp3) is 0.0408. The third-order valence-electron chi connectivity index (χ3n) is 10.5. The van der Waals surface area contributed by atoms with Crippen LogP contribution in [0.2, 0.25) is 0 Å². The molecule has 1 aliphatic heterocycles. The first-order valence-corrected chi connectivity index (χ1v) is 17.9. The molecule has 0 bridgehead atoms. The van der Waals surface area contributed by atoms with Gasteiger partial charge in [0.15, 0.2) is 0 Å². The molecule has 10 rings (SSSR count). The molecule has 2 N–H and O–H groups in total. The molecular formula is C49H35N3. The first kappa shape index (κ1) is 30.3. The lowest BCUT2D eigenvalue weighted by Crippen LogP contribution is -2.44. The first-order valence-electron chi connectivity index (χ1n) is 17.9. The van der Waals surface area contributed by atoms with Crippen LogP contribution in [0.1, 0.15) is 29.0 Å².